The molecular formula is C31H29ClF3N7O4. The first-order valence-electron chi connectivity index (χ1n) is 14.3. The van der Waals surface area contributed by atoms with Gasteiger partial charge in [0.2, 0.25) is 18.1 Å². The van der Waals surface area contributed by atoms with Crippen LogP contribution in [0.4, 0.5) is 42.0 Å². The molecule has 2 aromatic carbocycles. The number of rotatable bonds is 3. The summed E-state index contributed by atoms with van der Waals surface area (Å²) in [7, 11) is 0. The second-order valence-corrected chi connectivity index (χ2v) is 11.2. The third-order valence-corrected chi connectivity index (χ3v) is 7.57. The van der Waals surface area contributed by atoms with Crippen LogP contribution in [0.1, 0.15) is 40.2 Å². The van der Waals surface area contributed by atoms with Crippen LogP contribution in [0.5, 0.6) is 0 Å². The smallest absolute Gasteiger partial charge is 0.361 e. The second kappa shape index (κ2) is 14.0. The molecule has 1 atom stereocenters. The molecule has 4 aromatic rings. The van der Waals surface area contributed by atoms with Crippen molar-refractivity contribution in [3.8, 4) is 0 Å². The lowest BCUT2D eigenvalue weighted by Crippen LogP contribution is -2.44. The Kier molecular flexibility index (Phi) is 9.85. The molecular weight excluding hydrogens is 627 g/mol. The molecule has 3 N–H and O–H groups in total. The maximum atomic E-state index is 13.4. The van der Waals surface area contributed by atoms with E-state index in [1.54, 1.807) is 24.1 Å². The average Bonchev–Trinajstić information content (AvgIpc) is 3.48. The van der Waals surface area contributed by atoms with E-state index in [9.17, 15) is 22.8 Å². The highest BCUT2D eigenvalue weighted by Gasteiger charge is 2.30. The monoisotopic (exact) mass is 655 g/mol. The first kappa shape index (κ1) is 32.4. The minimum Gasteiger partial charge on any atom is -0.361 e. The van der Waals surface area contributed by atoms with E-state index in [0.29, 0.717) is 48.5 Å². The number of hydrogen-bond donors (Lipinski definition) is 3. The molecule has 1 saturated heterocycles. The van der Waals surface area contributed by atoms with Crippen molar-refractivity contribution in [2.24, 2.45) is 5.92 Å². The van der Waals surface area contributed by atoms with Gasteiger partial charge in [-0.15, -0.1) is 0 Å². The summed E-state index contributed by atoms with van der Waals surface area (Å²) in [6, 6.07) is 15.5. The van der Waals surface area contributed by atoms with Gasteiger partial charge in [0.15, 0.2) is 11.5 Å². The highest BCUT2D eigenvalue weighted by molar-refractivity contribution is 6.32. The molecule has 4 heterocycles. The molecule has 11 nitrogen and oxygen atoms in total. The summed E-state index contributed by atoms with van der Waals surface area (Å²) in [5.74, 6) is 0.839. The number of piperidine rings is 1. The number of nitrogens with one attached hydrogen (secondary N) is 3. The zero-order chi connectivity index (χ0) is 32.8. The van der Waals surface area contributed by atoms with Crippen LogP contribution >= 0.6 is 11.6 Å². The van der Waals surface area contributed by atoms with Crippen molar-refractivity contribution in [3.63, 3.8) is 0 Å². The number of benzene rings is 2. The summed E-state index contributed by atoms with van der Waals surface area (Å²) < 4.78 is 36.3. The van der Waals surface area contributed by atoms with Crippen LogP contribution in [0, 0.1) is 12.8 Å². The molecule has 1 unspecified atom stereocenters. The first-order chi connectivity index (χ1) is 22.0. The maximum absolute atomic E-state index is 13.4. The van der Waals surface area contributed by atoms with E-state index in [4.69, 9.17) is 20.9 Å². The van der Waals surface area contributed by atoms with E-state index in [0.717, 1.165) is 41.0 Å². The van der Waals surface area contributed by atoms with Crippen LogP contribution in [0.3, 0.4) is 0 Å². The van der Waals surface area contributed by atoms with Crippen LogP contribution in [-0.4, -0.2) is 57.4 Å². The fourth-order valence-corrected chi connectivity index (χ4v) is 5.24. The summed E-state index contributed by atoms with van der Waals surface area (Å²) in [5, 5.41) is 13.9. The molecule has 2 amide bonds. The van der Waals surface area contributed by atoms with Gasteiger partial charge in [-0.25, -0.2) is 4.98 Å². The SMILES string of the molecule is Cc1cc(C(=O)N2CCCC(C(=O)Nc3ccc4cc3CCc3cccc(c3)Nc3ncc(Cl)c(n3)N4)C2)no1.O=CC(F)(F)F. The number of amides is 2. The molecule has 240 valence electrons. The number of aryl methyl sites for hydroxylation is 3. The summed E-state index contributed by atoms with van der Waals surface area (Å²) in [6.07, 6.45) is -1.23. The van der Waals surface area contributed by atoms with Crippen molar-refractivity contribution in [3.05, 3.63) is 82.3 Å². The predicted octanol–water partition coefficient (Wildman–Crippen LogP) is 6.25. The third-order valence-electron chi connectivity index (χ3n) is 7.30. The highest BCUT2D eigenvalue weighted by atomic mass is 35.5. The van der Waals surface area contributed by atoms with E-state index in [2.05, 4.69) is 43.2 Å². The lowest BCUT2D eigenvalue weighted by molar-refractivity contribution is -0.156. The fourth-order valence-electron chi connectivity index (χ4n) is 5.10. The minimum absolute atomic E-state index is 0.108. The Labute approximate surface area is 266 Å². The van der Waals surface area contributed by atoms with Crippen LogP contribution < -0.4 is 16.0 Å². The summed E-state index contributed by atoms with van der Waals surface area (Å²) in [5.41, 5.74) is 4.79. The number of aromatic nitrogens is 3. The molecule has 0 spiro atoms. The quantitative estimate of drug-likeness (QED) is 0.218. The molecule has 2 aliphatic heterocycles. The zero-order valence-electron chi connectivity index (χ0n) is 24.5. The number of anilines is 5. The van der Waals surface area contributed by atoms with Crippen molar-refractivity contribution in [1.29, 1.82) is 0 Å². The van der Waals surface area contributed by atoms with Gasteiger partial charge in [0.25, 0.3) is 5.91 Å². The Morgan fingerprint density at radius 3 is 2.63 bits per heavy atom. The van der Waals surface area contributed by atoms with Gasteiger partial charge in [-0.3, -0.25) is 14.4 Å². The highest BCUT2D eigenvalue weighted by Crippen LogP contribution is 2.30. The van der Waals surface area contributed by atoms with Gasteiger partial charge in [0.1, 0.15) is 10.8 Å². The fraction of sp³-hybridized carbons (Fsp3) is 0.290. The number of carbonyl (C=O) groups is 3. The van der Waals surface area contributed by atoms with Crippen LogP contribution in [0.15, 0.2) is 59.3 Å². The molecule has 2 aliphatic rings. The Bertz CT molecular complexity index is 1750. The van der Waals surface area contributed by atoms with Gasteiger partial charge in [-0.05, 0) is 74.1 Å². The standard InChI is InChI=1S/C29H28ClN7O3.C2HF3O/c1-17-12-25(36-40-17)28(39)37-11-3-5-20(16-37)27(38)34-24-10-9-22-14-19(24)8-7-18-4-2-6-21(13-18)33-29-31-15-23(30)26(32-22)35-29;3-2(4,5)1-6/h2,4,6,9-10,12-15,20H,3,5,7-8,11,16H2,1H3,(H,34,38)(H2,31,32,33,35);1H. The number of fused-ring (bicyclic) bond motifs is 6. The number of aldehydes is 1. The Morgan fingerprint density at radius 2 is 1.89 bits per heavy atom. The van der Waals surface area contributed by atoms with Gasteiger partial charge >= 0.3 is 6.18 Å². The normalized spacial score (nSPS) is 15.8. The molecule has 0 aliphatic carbocycles. The van der Waals surface area contributed by atoms with Gasteiger partial charge in [0.05, 0.1) is 12.1 Å². The number of halogens is 4. The van der Waals surface area contributed by atoms with Crippen LogP contribution in [0.25, 0.3) is 0 Å². The van der Waals surface area contributed by atoms with E-state index < -0.39 is 12.5 Å². The van der Waals surface area contributed by atoms with E-state index in [-0.39, 0.29) is 23.4 Å². The summed E-state index contributed by atoms with van der Waals surface area (Å²) in [4.78, 5) is 45.5. The molecule has 0 saturated carbocycles. The predicted molar refractivity (Wildman–Crippen MR) is 165 cm³/mol. The molecule has 6 bridgehead atoms. The number of nitrogens with zero attached hydrogens (tertiary/aromatic N) is 4. The van der Waals surface area contributed by atoms with E-state index in [1.807, 2.05) is 30.3 Å². The number of hydrogen-bond acceptors (Lipinski definition) is 9. The van der Waals surface area contributed by atoms with Gasteiger partial charge in [-0.2, -0.15) is 18.2 Å². The topological polar surface area (TPSA) is 142 Å². The van der Waals surface area contributed by atoms with Crippen molar-refractivity contribution in [2.45, 2.75) is 38.8 Å². The van der Waals surface area contributed by atoms with Crippen molar-refractivity contribution in [1.82, 2.24) is 20.0 Å². The van der Waals surface area contributed by atoms with Crippen LogP contribution in [0.2, 0.25) is 5.02 Å². The summed E-state index contributed by atoms with van der Waals surface area (Å²) in [6.45, 7) is 2.66. The van der Waals surface area contributed by atoms with E-state index >= 15 is 0 Å². The van der Waals surface area contributed by atoms with E-state index in [1.165, 1.54) is 0 Å². The maximum Gasteiger partial charge on any atom is 0.446 e. The Balaban J connectivity index is 0.000000635. The molecule has 2 aromatic heterocycles. The van der Waals surface area contributed by atoms with Gasteiger partial charge in [0, 0.05) is 36.2 Å². The van der Waals surface area contributed by atoms with Crippen molar-refractivity contribution >= 4 is 58.5 Å². The van der Waals surface area contributed by atoms with Crippen molar-refractivity contribution in [2.75, 3.05) is 29.0 Å². The molecule has 0 radical (unpaired) electrons. The lowest BCUT2D eigenvalue weighted by atomic mass is 9.96. The number of carbonyl (C=O) groups excluding carboxylic acids is 3. The first-order valence-corrected chi connectivity index (χ1v) is 14.7. The summed E-state index contributed by atoms with van der Waals surface area (Å²) >= 11 is 6.38. The minimum atomic E-state index is -4.64. The zero-order valence-corrected chi connectivity index (χ0v) is 25.3. The van der Waals surface area contributed by atoms with Crippen molar-refractivity contribution < 1.29 is 32.1 Å². The van der Waals surface area contributed by atoms with Gasteiger partial charge in [-0.1, -0.05) is 28.9 Å². The number of likely N-dealkylation sites (tertiary alicyclic amines) is 1. The molecule has 15 heteroatoms. The van der Waals surface area contributed by atoms with Crippen LogP contribution in [-0.2, 0) is 22.4 Å². The largest absolute Gasteiger partial charge is 0.446 e. The molecule has 46 heavy (non-hydrogen) atoms. The molecule has 1 fully saturated rings. The average molecular weight is 656 g/mol. The Morgan fingerprint density at radius 1 is 1.11 bits per heavy atom. The lowest BCUT2D eigenvalue weighted by Gasteiger charge is -2.31. The second-order valence-electron chi connectivity index (χ2n) is 10.8. The molecule has 6 rings (SSSR count). The number of alkyl halides is 3. The third kappa shape index (κ3) is 8.38. The van der Waals surface area contributed by atoms with Gasteiger partial charge < -0.3 is 25.4 Å². The Hall–Kier alpha value is -4.98.